The van der Waals surface area contributed by atoms with E-state index >= 15 is 0 Å². The van der Waals surface area contributed by atoms with Gasteiger partial charge in [0, 0.05) is 16.9 Å². The fourth-order valence-electron chi connectivity index (χ4n) is 1.54. The van der Waals surface area contributed by atoms with E-state index < -0.39 is 0 Å². The molecular formula is C12H12BrN3O. The molecule has 5 heteroatoms. The predicted octanol–water partition coefficient (Wildman–Crippen LogP) is 2.96. The summed E-state index contributed by atoms with van der Waals surface area (Å²) in [7, 11) is 0. The molecule has 88 valence electrons. The lowest BCUT2D eigenvalue weighted by molar-refractivity contribution is 0.239. The molecule has 0 radical (unpaired) electrons. The van der Waals surface area contributed by atoms with Gasteiger partial charge in [-0.25, -0.2) is 9.78 Å². The topological polar surface area (TPSA) is 46.9 Å². The van der Waals surface area contributed by atoms with Crippen molar-refractivity contribution in [2.75, 3.05) is 0 Å². The zero-order valence-electron chi connectivity index (χ0n) is 9.30. The van der Waals surface area contributed by atoms with Crippen LogP contribution in [0.2, 0.25) is 0 Å². The smallest absolute Gasteiger partial charge is 0.327 e. The summed E-state index contributed by atoms with van der Waals surface area (Å²) in [6, 6.07) is 7.56. The molecule has 1 N–H and O–H groups in total. The average molecular weight is 294 g/mol. The molecule has 1 aromatic carbocycles. The number of aromatic nitrogens is 2. The van der Waals surface area contributed by atoms with Crippen LogP contribution in [0.15, 0.2) is 47.5 Å². The Labute approximate surface area is 108 Å². The molecule has 0 fully saturated rings. The minimum atomic E-state index is -0.189. The molecule has 1 amide bonds. The first-order chi connectivity index (χ1) is 8.18. The maximum absolute atomic E-state index is 11.8. The molecule has 0 saturated heterocycles. The molecule has 1 heterocycles. The second kappa shape index (κ2) is 5.14. The maximum Gasteiger partial charge on any atom is 0.327 e. The Morgan fingerprint density at radius 3 is 2.88 bits per heavy atom. The van der Waals surface area contributed by atoms with Crippen LogP contribution in [0, 0.1) is 0 Å². The Kier molecular flexibility index (Phi) is 3.58. The lowest BCUT2D eigenvalue weighted by atomic mass is 10.1. The number of imidazole rings is 1. The summed E-state index contributed by atoms with van der Waals surface area (Å²) in [5, 5.41) is 2.89. The zero-order valence-corrected chi connectivity index (χ0v) is 10.9. The van der Waals surface area contributed by atoms with Crippen molar-refractivity contribution in [1.82, 2.24) is 14.9 Å². The molecular weight excluding hydrogens is 282 g/mol. The molecule has 0 aliphatic heterocycles. The molecule has 0 bridgehead atoms. The fourth-order valence-corrected chi connectivity index (χ4v) is 2.17. The van der Waals surface area contributed by atoms with Crippen LogP contribution in [0.5, 0.6) is 0 Å². The summed E-state index contributed by atoms with van der Waals surface area (Å²) in [4.78, 5) is 15.6. The van der Waals surface area contributed by atoms with Gasteiger partial charge in [0.05, 0.1) is 6.04 Å². The first kappa shape index (κ1) is 11.9. The fraction of sp³-hybridized carbons (Fsp3) is 0.167. The molecule has 4 nitrogen and oxygen atoms in total. The van der Waals surface area contributed by atoms with Crippen molar-refractivity contribution in [3.63, 3.8) is 0 Å². The first-order valence-electron chi connectivity index (χ1n) is 5.21. The largest absolute Gasteiger partial charge is 0.331 e. The Morgan fingerprint density at radius 1 is 1.47 bits per heavy atom. The van der Waals surface area contributed by atoms with Gasteiger partial charge in [-0.3, -0.25) is 4.57 Å². The van der Waals surface area contributed by atoms with E-state index in [0.717, 1.165) is 10.0 Å². The molecule has 2 aromatic rings. The molecule has 2 rings (SSSR count). The highest BCUT2D eigenvalue weighted by Crippen LogP contribution is 2.22. The van der Waals surface area contributed by atoms with Gasteiger partial charge >= 0.3 is 6.03 Å². The summed E-state index contributed by atoms with van der Waals surface area (Å²) < 4.78 is 2.39. The van der Waals surface area contributed by atoms with Gasteiger partial charge in [-0.2, -0.15) is 0 Å². The summed E-state index contributed by atoms with van der Waals surface area (Å²) >= 11 is 3.47. The molecule has 0 spiro atoms. The lowest BCUT2D eigenvalue weighted by Crippen LogP contribution is -2.30. The average Bonchev–Trinajstić information content (AvgIpc) is 2.82. The van der Waals surface area contributed by atoms with Gasteiger partial charge in [-0.15, -0.1) is 0 Å². The molecule has 1 atom stereocenters. The number of hydrogen-bond acceptors (Lipinski definition) is 2. The summed E-state index contributed by atoms with van der Waals surface area (Å²) in [6.45, 7) is 1.94. The Morgan fingerprint density at radius 2 is 2.24 bits per heavy atom. The standard InChI is InChI=1S/C12H12BrN3O/c1-9(10-4-2-3-5-11(10)13)15-12(17)16-7-6-14-8-16/h2-9H,1H3,(H,15,17)/t9-/m0/s1. The summed E-state index contributed by atoms with van der Waals surface area (Å²) in [6.07, 6.45) is 4.66. The van der Waals surface area contributed by atoms with E-state index in [0.29, 0.717) is 0 Å². The number of benzene rings is 1. The lowest BCUT2D eigenvalue weighted by Gasteiger charge is -2.15. The van der Waals surface area contributed by atoms with Gasteiger partial charge in [-0.05, 0) is 18.6 Å². The highest BCUT2D eigenvalue weighted by atomic mass is 79.9. The number of rotatable bonds is 2. The minimum Gasteiger partial charge on any atom is -0.331 e. The third-order valence-electron chi connectivity index (χ3n) is 2.45. The van der Waals surface area contributed by atoms with Gasteiger partial charge in [-0.1, -0.05) is 34.1 Å². The molecule has 0 saturated carbocycles. The normalized spacial score (nSPS) is 12.1. The van der Waals surface area contributed by atoms with E-state index in [2.05, 4.69) is 26.2 Å². The van der Waals surface area contributed by atoms with E-state index in [1.54, 1.807) is 12.4 Å². The molecule has 0 aliphatic carbocycles. The van der Waals surface area contributed by atoms with Gasteiger partial charge in [0.1, 0.15) is 6.33 Å². The maximum atomic E-state index is 11.8. The Bertz CT molecular complexity index is 510. The number of nitrogens with zero attached hydrogens (tertiary/aromatic N) is 2. The monoisotopic (exact) mass is 293 g/mol. The predicted molar refractivity (Wildman–Crippen MR) is 68.7 cm³/mol. The Balaban J connectivity index is 2.10. The van der Waals surface area contributed by atoms with Crippen molar-refractivity contribution in [3.8, 4) is 0 Å². The van der Waals surface area contributed by atoms with E-state index in [4.69, 9.17) is 0 Å². The van der Waals surface area contributed by atoms with Crippen LogP contribution in [0.1, 0.15) is 18.5 Å². The van der Waals surface area contributed by atoms with Crippen LogP contribution in [0.4, 0.5) is 4.79 Å². The highest BCUT2D eigenvalue weighted by Gasteiger charge is 2.12. The second-order valence-electron chi connectivity index (χ2n) is 3.66. The summed E-state index contributed by atoms with van der Waals surface area (Å²) in [5.41, 5.74) is 1.04. The molecule has 0 aliphatic rings. The number of amides is 1. The van der Waals surface area contributed by atoms with Gasteiger partial charge in [0.25, 0.3) is 0 Å². The molecule has 1 aromatic heterocycles. The SMILES string of the molecule is C[C@H](NC(=O)n1ccnc1)c1ccccc1Br. The van der Waals surface area contributed by atoms with Crippen LogP contribution in [0.3, 0.4) is 0 Å². The van der Waals surface area contributed by atoms with Gasteiger partial charge in [0.15, 0.2) is 0 Å². The number of carbonyl (C=O) groups excluding carboxylic acids is 1. The van der Waals surface area contributed by atoms with Crippen molar-refractivity contribution in [2.45, 2.75) is 13.0 Å². The first-order valence-corrected chi connectivity index (χ1v) is 6.01. The number of carbonyl (C=O) groups is 1. The highest BCUT2D eigenvalue weighted by molar-refractivity contribution is 9.10. The zero-order chi connectivity index (χ0) is 12.3. The van der Waals surface area contributed by atoms with Gasteiger partial charge in [0.2, 0.25) is 0 Å². The van der Waals surface area contributed by atoms with Crippen molar-refractivity contribution in [1.29, 1.82) is 0 Å². The quantitative estimate of drug-likeness (QED) is 0.925. The second-order valence-corrected chi connectivity index (χ2v) is 4.52. The minimum absolute atomic E-state index is 0.0690. The van der Waals surface area contributed by atoms with Crippen molar-refractivity contribution >= 4 is 22.0 Å². The summed E-state index contributed by atoms with van der Waals surface area (Å²) in [5.74, 6) is 0. The number of halogens is 1. The van der Waals surface area contributed by atoms with E-state index in [-0.39, 0.29) is 12.1 Å². The van der Waals surface area contributed by atoms with Crippen LogP contribution >= 0.6 is 15.9 Å². The Hall–Kier alpha value is -1.62. The van der Waals surface area contributed by atoms with Crippen LogP contribution < -0.4 is 5.32 Å². The van der Waals surface area contributed by atoms with E-state index in [9.17, 15) is 4.79 Å². The van der Waals surface area contributed by atoms with E-state index in [1.807, 2.05) is 31.2 Å². The number of nitrogens with one attached hydrogen (secondary N) is 1. The van der Waals surface area contributed by atoms with Crippen molar-refractivity contribution in [3.05, 3.63) is 53.0 Å². The van der Waals surface area contributed by atoms with E-state index in [1.165, 1.54) is 10.9 Å². The third-order valence-corrected chi connectivity index (χ3v) is 3.17. The van der Waals surface area contributed by atoms with Crippen LogP contribution in [0.25, 0.3) is 0 Å². The molecule has 0 unspecified atom stereocenters. The van der Waals surface area contributed by atoms with Crippen LogP contribution in [-0.4, -0.2) is 15.6 Å². The number of hydrogen-bond donors (Lipinski definition) is 1. The molecule has 17 heavy (non-hydrogen) atoms. The third kappa shape index (κ3) is 2.74. The van der Waals surface area contributed by atoms with Crippen LogP contribution in [-0.2, 0) is 0 Å². The van der Waals surface area contributed by atoms with Gasteiger partial charge < -0.3 is 5.32 Å². The van der Waals surface area contributed by atoms with Crippen molar-refractivity contribution < 1.29 is 4.79 Å². The van der Waals surface area contributed by atoms with Crippen molar-refractivity contribution in [2.24, 2.45) is 0 Å².